The fourth-order valence-electron chi connectivity index (χ4n) is 2.85. The SMILES string of the molecule is COc1ccc(C2(CN(C)C)CCOCC2)cc1. The van der Waals surface area contributed by atoms with Crippen LogP contribution in [0.5, 0.6) is 5.75 Å². The van der Waals surface area contributed by atoms with Crippen LogP contribution in [0, 0.1) is 0 Å². The zero-order valence-corrected chi connectivity index (χ0v) is 11.6. The largest absolute Gasteiger partial charge is 0.497 e. The Balaban J connectivity index is 2.26. The van der Waals surface area contributed by atoms with Crippen LogP contribution in [0.4, 0.5) is 0 Å². The number of methoxy groups -OCH3 is 1. The number of nitrogens with zero attached hydrogens (tertiary/aromatic N) is 1. The van der Waals surface area contributed by atoms with Crippen molar-refractivity contribution in [2.24, 2.45) is 0 Å². The zero-order valence-electron chi connectivity index (χ0n) is 11.6. The van der Waals surface area contributed by atoms with E-state index >= 15 is 0 Å². The summed E-state index contributed by atoms with van der Waals surface area (Å²) in [5.41, 5.74) is 1.63. The second-order valence-electron chi connectivity index (χ2n) is 5.36. The molecule has 3 heteroatoms. The minimum Gasteiger partial charge on any atom is -0.497 e. The van der Waals surface area contributed by atoms with E-state index in [4.69, 9.17) is 9.47 Å². The highest BCUT2D eigenvalue weighted by atomic mass is 16.5. The van der Waals surface area contributed by atoms with Crippen LogP contribution < -0.4 is 4.74 Å². The molecule has 1 aromatic carbocycles. The summed E-state index contributed by atoms with van der Waals surface area (Å²) in [6.07, 6.45) is 2.19. The van der Waals surface area contributed by atoms with Gasteiger partial charge in [0.2, 0.25) is 0 Å². The predicted octanol–water partition coefficient (Wildman–Crippen LogP) is 2.31. The molecule has 1 fully saturated rings. The lowest BCUT2D eigenvalue weighted by Gasteiger charge is -2.39. The Bertz CT molecular complexity index is 367. The highest BCUT2D eigenvalue weighted by molar-refractivity contribution is 5.33. The Labute approximate surface area is 110 Å². The van der Waals surface area contributed by atoms with Gasteiger partial charge in [-0.25, -0.2) is 0 Å². The molecule has 100 valence electrons. The van der Waals surface area contributed by atoms with Crippen molar-refractivity contribution in [1.29, 1.82) is 0 Å². The molecule has 0 N–H and O–H groups in total. The first-order chi connectivity index (χ1) is 8.66. The monoisotopic (exact) mass is 249 g/mol. The van der Waals surface area contributed by atoms with Gasteiger partial charge >= 0.3 is 0 Å². The molecule has 0 atom stereocenters. The van der Waals surface area contributed by atoms with Crippen molar-refractivity contribution < 1.29 is 9.47 Å². The third-order valence-corrected chi connectivity index (χ3v) is 3.77. The molecule has 0 saturated carbocycles. The second kappa shape index (κ2) is 5.72. The fraction of sp³-hybridized carbons (Fsp3) is 0.600. The number of ether oxygens (including phenoxy) is 2. The number of likely N-dealkylation sites (N-methyl/N-ethyl adjacent to an activating group) is 1. The first-order valence-corrected chi connectivity index (χ1v) is 6.53. The van der Waals surface area contributed by atoms with Crippen LogP contribution in [0.1, 0.15) is 18.4 Å². The normalized spacial score (nSPS) is 18.9. The first kappa shape index (κ1) is 13.4. The van der Waals surface area contributed by atoms with Crippen molar-refractivity contribution in [2.75, 3.05) is 41.0 Å². The molecule has 1 saturated heterocycles. The topological polar surface area (TPSA) is 21.7 Å². The fourth-order valence-corrected chi connectivity index (χ4v) is 2.85. The van der Waals surface area contributed by atoms with E-state index in [1.807, 2.05) is 0 Å². The maximum Gasteiger partial charge on any atom is 0.118 e. The molecule has 1 aliphatic rings. The Kier molecular flexibility index (Phi) is 4.25. The molecular formula is C15H23NO2. The number of hydrogen-bond donors (Lipinski definition) is 0. The lowest BCUT2D eigenvalue weighted by atomic mass is 9.74. The highest BCUT2D eigenvalue weighted by Gasteiger charge is 2.34. The summed E-state index contributed by atoms with van der Waals surface area (Å²) < 4.78 is 10.8. The van der Waals surface area contributed by atoms with Gasteiger partial charge < -0.3 is 14.4 Å². The molecule has 0 unspecified atom stereocenters. The summed E-state index contributed by atoms with van der Waals surface area (Å²) in [6.45, 7) is 2.79. The van der Waals surface area contributed by atoms with Crippen LogP contribution in [0.15, 0.2) is 24.3 Å². The zero-order chi connectivity index (χ0) is 13.0. The van der Waals surface area contributed by atoms with Crippen molar-refractivity contribution in [3.05, 3.63) is 29.8 Å². The van der Waals surface area contributed by atoms with Gasteiger partial charge in [-0.15, -0.1) is 0 Å². The van der Waals surface area contributed by atoms with Crippen molar-refractivity contribution in [3.8, 4) is 5.75 Å². The van der Waals surface area contributed by atoms with Crippen LogP contribution in [0.25, 0.3) is 0 Å². The van der Waals surface area contributed by atoms with E-state index in [0.29, 0.717) is 0 Å². The van der Waals surface area contributed by atoms with Gasteiger partial charge in [0.05, 0.1) is 7.11 Å². The molecule has 2 rings (SSSR count). The molecule has 0 bridgehead atoms. The standard InChI is InChI=1S/C15H23NO2/c1-16(2)12-15(8-10-18-11-9-15)13-4-6-14(17-3)7-5-13/h4-7H,8-12H2,1-3H3. The van der Waals surface area contributed by atoms with Crippen LogP contribution in [-0.4, -0.2) is 45.9 Å². The van der Waals surface area contributed by atoms with E-state index in [0.717, 1.165) is 38.3 Å². The van der Waals surface area contributed by atoms with E-state index in [1.165, 1.54) is 5.56 Å². The van der Waals surface area contributed by atoms with Crippen LogP contribution in [0.2, 0.25) is 0 Å². The molecule has 0 aromatic heterocycles. The first-order valence-electron chi connectivity index (χ1n) is 6.53. The third kappa shape index (κ3) is 2.85. The minimum atomic E-state index is 0.230. The van der Waals surface area contributed by atoms with Crippen LogP contribution in [-0.2, 0) is 10.2 Å². The summed E-state index contributed by atoms with van der Waals surface area (Å²) in [5, 5.41) is 0. The van der Waals surface area contributed by atoms with Crippen LogP contribution in [0.3, 0.4) is 0 Å². The Morgan fingerprint density at radius 1 is 1.17 bits per heavy atom. The van der Waals surface area contributed by atoms with Gasteiger partial charge in [0.15, 0.2) is 0 Å². The average molecular weight is 249 g/mol. The van der Waals surface area contributed by atoms with E-state index in [1.54, 1.807) is 7.11 Å². The Hall–Kier alpha value is -1.06. The summed E-state index contributed by atoms with van der Waals surface area (Å²) in [7, 11) is 5.99. The molecule has 0 spiro atoms. The van der Waals surface area contributed by atoms with Crippen molar-refractivity contribution in [3.63, 3.8) is 0 Å². The van der Waals surface area contributed by atoms with E-state index in [2.05, 4.69) is 43.3 Å². The summed E-state index contributed by atoms with van der Waals surface area (Å²) in [5.74, 6) is 0.922. The summed E-state index contributed by atoms with van der Waals surface area (Å²) in [4.78, 5) is 2.27. The molecule has 1 heterocycles. The van der Waals surface area contributed by atoms with Gasteiger partial charge in [0.1, 0.15) is 5.75 Å². The van der Waals surface area contributed by atoms with E-state index in [9.17, 15) is 0 Å². The Morgan fingerprint density at radius 3 is 2.28 bits per heavy atom. The predicted molar refractivity (Wildman–Crippen MR) is 73.3 cm³/mol. The lowest BCUT2D eigenvalue weighted by Crippen LogP contribution is -2.42. The van der Waals surface area contributed by atoms with E-state index < -0.39 is 0 Å². The maximum atomic E-state index is 5.53. The number of hydrogen-bond acceptors (Lipinski definition) is 3. The quantitative estimate of drug-likeness (QED) is 0.817. The number of rotatable bonds is 4. The smallest absolute Gasteiger partial charge is 0.118 e. The van der Waals surface area contributed by atoms with Gasteiger partial charge in [0.25, 0.3) is 0 Å². The van der Waals surface area contributed by atoms with Gasteiger partial charge in [-0.05, 0) is 44.6 Å². The average Bonchev–Trinajstić information content (AvgIpc) is 2.39. The summed E-state index contributed by atoms with van der Waals surface area (Å²) >= 11 is 0. The highest BCUT2D eigenvalue weighted by Crippen LogP contribution is 2.36. The lowest BCUT2D eigenvalue weighted by molar-refractivity contribution is 0.0401. The van der Waals surface area contributed by atoms with E-state index in [-0.39, 0.29) is 5.41 Å². The molecule has 0 radical (unpaired) electrons. The van der Waals surface area contributed by atoms with Gasteiger partial charge in [-0.2, -0.15) is 0 Å². The van der Waals surface area contributed by atoms with Crippen molar-refractivity contribution in [2.45, 2.75) is 18.3 Å². The van der Waals surface area contributed by atoms with Crippen molar-refractivity contribution in [1.82, 2.24) is 4.90 Å². The Morgan fingerprint density at radius 2 is 1.78 bits per heavy atom. The molecule has 1 aromatic rings. The maximum absolute atomic E-state index is 5.53. The molecule has 0 aliphatic carbocycles. The third-order valence-electron chi connectivity index (χ3n) is 3.77. The number of benzene rings is 1. The molecule has 0 amide bonds. The molecular weight excluding hydrogens is 226 g/mol. The summed E-state index contributed by atoms with van der Waals surface area (Å²) in [6, 6.07) is 8.52. The molecule has 18 heavy (non-hydrogen) atoms. The molecule has 3 nitrogen and oxygen atoms in total. The van der Waals surface area contributed by atoms with Gasteiger partial charge in [0, 0.05) is 25.2 Å². The van der Waals surface area contributed by atoms with Gasteiger partial charge in [-0.1, -0.05) is 12.1 Å². The van der Waals surface area contributed by atoms with Gasteiger partial charge in [-0.3, -0.25) is 0 Å². The van der Waals surface area contributed by atoms with Crippen molar-refractivity contribution >= 4 is 0 Å². The second-order valence-corrected chi connectivity index (χ2v) is 5.36. The molecule has 1 aliphatic heterocycles. The van der Waals surface area contributed by atoms with Crippen LogP contribution >= 0.6 is 0 Å². The minimum absolute atomic E-state index is 0.230.